The molecule has 3 rings (SSSR count). The van der Waals surface area contributed by atoms with Crippen molar-refractivity contribution in [2.45, 2.75) is 19.1 Å². The van der Waals surface area contributed by atoms with Gasteiger partial charge in [0.1, 0.15) is 5.82 Å². The summed E-state index contributed by atoms with van der Waals surface area (Å²) in [5, 5.41) is 2.76. The summed E-state index contributed by atoms with van der Waals surface area (Å²) in [5.41, 5.74) is 1.85. The SMILES string of the molecule is CC(NC(=O)c1ccc(OCC(F)(F)F)nc1)c1nc2ccccc2[nH]1. The third-order valence-corrected chi connectivity index (χ3v) is 3.55. The fourth-order valence-corrected chi connectivity index (χ4v) is 2.28. The summed E-state index contributed by atoms with van der Waals surface area (Å²) < 4.78 is 40.8. The predicted molar refractivity (Wildman–Crippen MR) is 87.8 cm³/mol. The van der Waals surface area contributed by atoms with E-state index in [0.717, 1.165) is 17.2 Å². The summed E-state index contributed by atoms with van der Waals surface area (Å²) in [6.07, 6.45) is -3.29. The fraction of sp³-hybridized carbons (Fsp3) is 0.235. The molecule has 0 spiro atoms. The van der Waals surface area contributed by atoms with Gasteiger partial charge in [0.05, 0.1) is 22.6 Å². The van der Waals surface area contributed by atoms with E-state index in [1.54, 1.807) is 6.92 Å². The Hall–Kier alpha value is -3.10. The van der Waals surface area contributed by atoms with Crippen molar-refractivity contribution in [3.05, 3.63) is 54.0 Å². The van der Waals surface area contributed by atoms with Crippen molar-refractivity contribution in [2.75, 3.05) is 6.61 Å². The number of pyridine rings is 1. The van der Waals surface area contributed by atoms with Gasteiger partial charge in [-0.15, -0.1) is 0 Å². The number of amides is 1. The zero-order valence-corrected chi connectivity index (χ0v) is 13.7. The van der Waals surface area contributed by atoms with Gasteiger partial charge in [0.15, 0.2) is 6.61 Å². The van der Waals surface area contributed by atoms with Crippen LogP contribution < -0.4 is 10.1 Å². The monoisotopic (exact) mass is 364 g/mol. The smallest absolute Gasteiger partial charge is 0.422 e. The number of benzene rings is 1. The highest BCUT2D eigenvalue weighted by Gasteiger charge is 2.28. The quantitative estimate of drug-likeness (QED) is 0.727. The van der Waals surface area contributed by atoms with Gasteiger partial charge in [-0.05, 0) is 25.1 Å². The molecule has 3 aromatic rings. The van der Waals surface area contributed by atoms with E-state index in [0.29, 0.717) is 5.82 Å². The molecule has 1 atom stereocenters. The molecule has 1 aromatic carbocycles. The minimum Gasteiger partial charge on any atom is -0.468 e. The average molecular weight is 364 g/mol. The number of carbonyl (C=O) groups excluding carboxylic acids is 1. The first-order valence-corrected chi connectivity index (χ1v) is 7.73. The van der Waals surface area contributed by atoms with Crippen molar-refractivity contribution >= 4 is 16.9 Å². The Morgan fingerprint density at radius 3 is 2.69 bits per heavy atom. The van der Waals surface area contributed by atoms with Crippen LogP contribution in [0, 0.1) is 0 Å². The van der Waals surface area contributed by atoms with Gasteiger partial charge >= 0.3 is 6.18 Å². The summed E-state index contributed by atoms with van der Waals surface area (Å²) >= 11 is 0. The molecule has 26 heavy (non-hydrogen) atoms. The number of fused-ring (bicyclic) bond motifs is 1. The van der Waals surface area contributed by atoms with Crippen LogP contribution in [-0.4, -0.2) is 33.6 Å². The molecule has 2 heterocycles. The lowest BCUT2D eigenvalue weighted by Gasteiger charge is -2.12. The molecule has 6 nitrogen and oxygen atoms in total. The van der Waals surface area contributed by atoms with Crippen LogP contribution in [0.5, 0.6) is 5.88 Å². The first-order valence-electron chi connectivity index (χ1n) is 7.73. The van der Waals surface area contributed by atoms with Gasteiger partial charge < -0.3 is 15.0 Å². The molecule has 0 aliphatic heterocycles. The van der Waals surface area contributed by atoms with E-state index in [-0.39, 0.29) is 11.4 Å². The van der Waals surface area contributed by atoms with Crippen LogP contribution in [-0.2, 0) is 0 Å². The van der Waals surface area contributed by atoms with Gasteiger partial charge in [-0.25, -0.2) is 9.97 Å². The van der Waals surface area contributed by atoms with Crippen molar-refractivity contribution in [2.24, 2.45) is 0 Å². The first-order chi connectivity index (χ1) is 12.3. The number of ether oxygens (including phenoxy) is 1. The third kappa shape index (κ3) is 4.29. The molecule has 0 saturated carbocycles. The lowest BCUT2D eigenvalue weighted by Crippen LogP contribution is -2.27. The van der Waals surface area contributed by atoms with Gasteiger partial charge in [0.2, 0.25) is 5.88 Å². The topological polar surface area (TPSA) is 79.9 Å². The van der Waals surface area contributed by atoms with Gasteiger partial charge in [0.25, 0.3) is 5.91 Å². The van der Waals surface area contributed by atoms with Crippen LogP contribution in [0.15, 0.2) is 42.6 Å². The second-order valence-electron chi connectivity index (χ2n) is 5.62. The number of nitrogens with zero attached hydrogens (tertiary/aromatic N) is 2. The molecule has 0 radical (unpaired) electrons. The Bertz CT molecular complexity index is 873. The molecule has 0 bridgehead atoms. The van der Waals surface area contributed by atoms with Crippen molar-refractivity contribution < 1.29 is 22.7 Å². The molecule has 136 valence electrons. The molecule has 0 saturated heterocycles. The van der Waals surface area contributed by atoms with E-state index in [2.05, 4.69) is 25.0 Å². The highest BCUT2D eigenvalue weighted by Crippen LogP contribution is 2.18. The number of aromatic amines is 1. The second-order valence-corrected chi connectivity index (χ2v) is 5.62. The molecule has 1 amide bonds. The number of rotatable bonds is 5. The fourth-order valence-electron chi connectivity index (χ4n) is 2.28. The largest absolute Gasteiger partial charge is 0.468 e. The number of para-hydroxylation sites is 2. The van der Waals surface area contributed by atoms with E-state index in [1.807, 2.05) is 24.3 Å². The van der Waals surface area contributed by atoms with Gasteiger partial charge in [0, 0.05) is 12.3 Å². The third-order valence-electron chi connectivity index (χ3n) is 3.55. The summed E-state index contributed by atoms with van der Waals surface area (Å²) in [5.74, 6) is -0.0327. The molecule has 0 aliphatic carbocycles. The van der Waals surface area contributed by atoms with E-state index in [1.165, 1.54) is 12.1 Å². The van der Waals surface area contributed by atoms with E-state index in [4.69, 9.17) is 0 Å². The molecule has 9 heteroatoms. The Labute approximate surface area is 146 Å². The van der Waals surface area contributed by atoms with Crippen LogP contribution in [0.25, 0.3) is 11.0 Å². The molecule has 2 aromatic heterocycles. The first kappa shape index (κ1) is 17.7. The van der Waals surface area contributed by atoms with Crippen LogP contribution >= 0.6 is 0 Å². The molecule has 2 N–H and O–H groups in total. The van der Waals surface area contributed by atoms with Crippen molar-refractivity contribution in [3.8, 4) is 5.88 Å². The van der Waals surface area contributed by atoms with Crippen molar-refractivity contribution in [3.63, 3.8) is 0 Å². The van der Waals surface area contributed by atoms with E-state index >= 15 is 0 Å². The molecular weight excluding hydrogens is 349 g/mol. The number of hydrogen-bond acceptors (Lipinski definition) is 4. The predicted octanol–water partition coefficient (Wildman–Crippen LogP) is 3.39. The highest BCUT2D eigenvalue weighted by atomic mass is 19.4. The second kappa shape index (κ2) is 7.03. The maximum absolute atomic E-state index is 12.3. The van der Waals surface area contributed by atoms with Crippen molar-refractivity contribution in [1.82, 2.24) is 20.3 Å². The number of halogens is 3. The van der Waals surface area contributed by atoms with Crippen LogP contribution in [0.3, 0.4) is 0 Å². The summed E-state index contributed by atoms with van der Waals surface area (Å²) in [6.45, 7) is 0.332. The maximum Gasteiger partial charge on any atom is 0.422 e. The Balaban J connectivity index is 1.63. The van der Waals surface area contributed by atoms with E-state index in [9.17, 15) is 18.0 Å². The Kier molecular flexibility index (Phi) is 4.79. The minimum absolute atomic E-state index is 0.201. The number of hydrogen-bond donors (Lipinski definition) is 2. The van der Waals surface area contributed by atoms with Gasteiger partial charge in [-0.1, -0.05) is 12.1 Å². The average Bonchev–Trinajstić information content (AvgIpc) is 3.04. The van der Waals surface area contributed by atoms with Crippen LogP contribution in [0.2, 0.25) is 0 Å². The number of carbonyl (C=O) groups is 1. The standard InChI is InChI=1S/C17H15F3N4O2/c1-10(15-23-12-4-2-3-5-13(12)24-15)22-16(25)11-6-7-14(21-8-11)26-9-17(18,19)20/h2-8,10H,9H2,1H3,(H,22,25)(H,23,24). The zero-order valence-electron chi connectivity index (χ0n) is 13.7. The number of imidazole rings is 1. The van der Waals surface area contributed by atoms with Crippen LogP contribution in [0.1, 0.15) is 29.1 Å². The van der Waals surface area contributed by atoms with Gasteiger partial charge in [-0.3, -0.25) is 4.79 Å². The molecule has 1 unspecified atom stereocenters. The highest BCUT2D eigenvalue weighted by molar-refractivity contribution is 5.94. The Morgan fingerprint density at radius 2 is 2.04 bits per heavy atom. The Morgan fingerprint density at radius 1 is 1.27 bits per heavy atom. The van der Waals surface area contributed by atoms with Crippen LogP contribution in [0.4, 0.5) is 13.2 Å². The number of aromatic nitrogens is 3. The normalized spacial score (nSPS) is 12.8. The molecular formula is C17H15F3N4O2. The number of H-pyrrole nitrogens is 1. The number of nitrogens with one attached hydrogen (secondary N) is 2. The lowest BCUT2D eigenvalue weighted by molar-refractivity contribution is -0.154. The molecule has 0 aliphatic rings. The lowest BCUT2D eigenvalue weighted by atomic mass is 10.2. The van der Waals surface area contributed by atoms with Gasteiger partial charge in [-0.2, -0.15) is 13.2 Å². The maximum atomic E-state index is 12.3. The number of alkyl halides is 3. The van der Waals surface area contributed by atoms with E-state index < -0.39 is 24.7 Å². The summed E-state index contributed by atoms with van der Waals surface area (Å²) in [6, 6.07) is 9.64. The summed E-state index contributed by atoms with van der Waals surface area (Å²) in [4.78, 5) is 23.5. The molecule has 0 fully saturated rings. The summed E-state index contributed by atoms with van der Waals surface area (Å²) in [7, 11) is 0. The minimum atomic E-state index is -4.44. The zero-order chi connectivity index (χ0) is 18.7. The van der Waals surface area contributed by atoms with Crippen molar-refractivity contribution in [1.29, 1.82) is 0 Å².